The molecular formula is C17H26ClN4O3+. The fourth-order valence-electron chi connectivity index (χ4n) is 2.11. The fraction of sp³-hybridized carbons (Fsp3) is 0.471. The quantitative estimate of drug-likeness (QED) is 0.487. The van der Waals surface area contributed by atoms with E-state index in [2.05, 4.69) is 16.0 Å². The first kappa shape index (κ1) is 20.9. The molecule has 0 aliphatic heterocycles. The maximum Gasteiger partial charge on any atom is 0.279 e. The largest absolute Gasteiger partial charge is 0.354 e. The maximum atomic E-state index is 12.0. The molecule has 4 N–H and O–H groups in total. The lowest BCUT2D eigenvalue weighted by atomic mass is 10.3. The summed E-state index contributed by atoms with van der Waals surface area (Å²) in [4.78, 5) is 36.4. The van der Waals surface area contributed by atoms with Crippen LogP contribution >= 0.6 is 11.6 Å². The first-order valence-electron chi connectivity index (χ1n) is 8.25. The van der Waals surface area contributed by atoms with Gasteiger partial charge in [-0.05, 0) is 37.6 Å². The number of quaternary nitrogens is 1. The standard InChI is InChI=1S/C17H25ClN4O3/c1-4-9-19-17(25)12(2)20-15(23)10-22(3)11-16(24)21-14-7-5-13(18)6-8-14/h5-8,12H,4,9-11H2,1-3H3,(H,19,25)(H,20,23)(H,21,24)/p+1/t12-/m0/s1. The number of hydrogen-bond acceptors (Lipinski definition) is 3. The van der Waals surface area contributed by atoms with Crippen LogP contribution in [0.3, 0.4) is 0 Å². The van der Waals surface area contributed by atoms with Crippen molar-refractivity contribution >= 4 is 35.0 Å². The molecule has 1 unspecified atom stereocenters. The van der Waals surface area contributed by atoms with Crippen molar-refractivity contribution in [2.24, 2.45) is 0 Å². The summed E-state index contributed by atoms with van der Waals surface area (Å²) in [6, 6.07) is 6.19. The van der Waals surface area contributed by atoms with Crippen molar-refractivity contribution in [1.82, 2.24) is 10.6 Å². The van der Waals surface area contributed by atoms with Crippen LogP contribution in [0.1, 0.15) is 20.3 Å². The van der Waals surface area contributed by atoms with Crippen molar-refractivity contribution in [2.75, 3.05) is 32.0 Å². The molecule has 0 saturated carbocycles. The summed E-state index contributed by atoms with van der Waals surface area (Å²) in [7, 11) is 1.74. The number of carbonyl (C=O) groups is 3. The molecule has 0 radical (unpaired) electrons. The summed E-state index contributed by atoms with van der Waals surface area (Å²) in [5, 5.41) is 8.68. The molecule has 1 aromatic carbocycles. The van der Waals surface area contributed by atoms with E-state index in [-0.39, 0.29) is 30.8 Å². The second-order valence-corrected chi connectivity index (χ2v) is 6.38. The van der Waals surface area contributed by atoms with E-state index in [9.17, 15) is 14.4 Å². The Labute approximate surface area is 153 Å². The molecular weight excluding hydrogens is 344 g/mol. The van der Waals surface area contributed by atoms with E-state index in [4.69, 9.17) is 11.6 Å². The number of benzene rings is 1. The minimum Gasteiger partial charge on any atom is -0.354 e. The molecule has 2 atom stereocenters. The van der Waals surface area contributed by atoms with Crippen LogP contribution < -0.4 is 20.9 Å². The second kappa shape index (κ2) is 10.7. The van der Waals surface area contributed by atoms with Gasteiger partial charge in [0.25, 0.3) is 11.8 Å². The Morgan fingerprint density at radius 2 is 1.72 bits per heavy atom. The highest BCUT2D eigenvalue weighted by atomic mass is 35.5. The summed E-state index contributed by atoms with van der Waals surface area (Å²) in [6.07, 6.45) is 0.835. The third kappa shape index (κ3) is 8.51. The maximum absolute atomic E-state index is 12.0. The molecule has 0 fully saturated rings. The Hall–Kier alpha value is -2.12. The first-order valence-corrected chi connectivity index (χ1v) is 8.63. The van der Waals surface area contributed by atoms with E-state index in [1.165, 1.54) is 0 Å². The highest BCUT2D eigenvalue weighted by Crippen LogP contribution is 2.12. The summed E-state index contributed by atoms with van der Waals surface area (Å²) < 4.78 is 0. The molecule has 0 bridgehead atoms. The minimum absolute atomic E-state index is 0.0967. The minimum atomic E-state index is -0.602. The van der Waals surface area contributed by atoms with Gasteiger partial charge in [-0.25, -0.2) is 0 Å². The molecule has 138 valence electrons. The van der Waals surface area contributed by atoms with Gasteiger partial charge in [-0.2, -0.15) is 0 Å². The summed E-state index contributed by atoms with van der Waals surface area (Å²) in [6.45, 7) is 4.39. The van der Waals surface area contributed by atoms with Gasteiger partial charge in [0.05, 0.1) is 7.05 Å². The highest BCUT2D eigenvalue weighted by molar-refractivity contribution is 6.30. The van der Waals surface area contributed by atoms with Gasteiger partial charge in [-0.3, -0.25) is 14.4 Å². The number of nitrogens with one attached hydrogen (secondary N) is 4. The van der Waals surface area contributed by atoms with Crippen molar-refractivity contribution in [1.29, 1.82) is 0 Å². The van der Waals surface area contributed by atoms with Crippen LogP contribution in [-0.2, 0) is 14.4 Å². The van der Waals surface area contributed by atoms with Crippen LogP contribution in [0.5, 0.6) is 0 Å². The van der Waals surface area contributed by atoms with Crippen molar-refractivity contribution in [3.63, 3.8) is 0 Å². The topological polar surface area (TPSA) is 91.7 Å². The van der Waals surface area contributed by atoms with Gasteiger partial charge < -0.3 is 20.9 Å². The van der Waals surface area contributed by atoms with Gasteiger partial charge in [0.1, 0.15) is 6.04 Å². The second-order valence-electron chi connectivity index (χ2n) is 5.95. The number of likely N-dealkylation sites (N-methyl/N-ethyl adjacent to an activating group) is 1. The molecule has 7 nitrogen and oxygen atoms in total. The van der Waals surface area contributed by atoms with Gasteiger partial charge in [0.15, 0.2) is 13.1 Å². The average Bonchev–Trinajstić information content (AvgIpc) is 2.54. The number of anilines is 1. The molecule has 0 aliphatic carbocycles. The van der Waals surface area contributed by atoms with Crippen molar-refractivity contribution in [3.05, 3.63) is 29.3 Å². The molecule has 0 spiro atoms. The zero-order chi connectivity index (χ0) is 18.8. The highest BCUT2D eigenvalue weighted by Gasteiger charge is 2.19. The van der Waals surface area contributed by atoms with Crippen LogP contribution in [0.4, 0.5) is 5.69 Å². The van der Waals surface area contributed by atoms with E-state index < -0.39 is 6.04 Å². The van der Waals surface area contributed by atoms with Gasteiger partial charge in [-0.1, -0.05) is 18.5 Å². The van der Waals surface area contributed by atoms with Gasteiger partial charge >= 0.3 is 0 Å². The lowest BCUT2D eigenvalue weighted by Crippen LogP contribution is -3.11. The third-order valence-electron chi connectivity index (χ3n) is 3.37. The van der Waals surface area contributed by atoms with Crippen LogP contribution in [0, 0.1) is 0 Å². The van der Waals surface area contributed by atoms with E-state index in [0.717, 1.165) is 6.42 Å². The predicted octanol–water partition coefficient (Wildman–Crippen LogP) is -0.176. The van der Waals surface area contributed by atoms with Crippen LogP contribution in [0.25, 0.3) is 0 Å². The Morgan fingerprint density at radius 1 is 1.12 bits per heavy atom. The number of amides is 3. The summed E-state index contributed by atoms with van der Waals surface area (Å²) in [5.74, 6) is -0.703. The number of hydrogen-bond donors (Lipinski definition) is 4. The molecule has 1 rings (SSSR count). The van der Waals surface area contributed by atoms with Crippen molar-refractivity contribution in [3.8, 4) is 0 Å². The van der Waals surface area contributed by atoms with Crippen LogP contribution in [-0.4, -0.2) is 50.4 Å². The molecule has 3 amide bonds. The Kier molecular flexibility index (Phi) is 8.94. The normalized spacial score (nSPS) is 12.8. The summed E-state index contributed by atoms with van der Waals surface area (Å²) in [5.41, 5.74) is 0.646. The van der Waals surface area contributed by atoms with Gasteiger partial charge in [0.2, 0.25) is 5.91 Å². The van der Waals surface area contributed by atoms with E-state index >= 15 is 0 Å². The number of carbonyl (C=O) groups excluding carboxylic acids is 3. The zero-order valence-electron chi connectivity index (χ0n) is 14.8. The average molecular weight is 370 g/mol. The monoisotopic (exact) mass is 369 g/mol. The molecule has 0 aromatic heterocycles. The molecule has 8 heteroatoms. The van der Waals surface area contributed by atoms with Gasteiger partial charge in [-0.15, -0.1) is 0 Å². The lowest BCUT2D eigenvalue weighted by molar-refractivity contribution is -0.862. The van der Waals surface area contributed by atoms with Gasteiger partial charge in [0, 0.05) is 17.3 Å². The number of rotatable bonds is 9. The fourth-order valence-corrected chi connectivity index (χ4v) is 2.23. The van der Waals surface area contributed by atoms with E-state index in [1.807, 2.05) is 6.92 Å². The van der Waals surface area contributed by atoms with Crippen molar-refractivity contribution in [2.45, 2.75) is 26.3 Å². The van der Waals surface area contributed by atoms with E-state index in [1.54, 1.807) is 38.2 Å². The molecule has 0 heterocycles. The summed E-state index contributed by atoms with van der Waals surface area (Å²) >= 11 is 5.79. The van der Waals surface area contributed by atoms with Crippen LogP contribution in [0.2, 0.25) is 5.02 Å². The molecule has 25 heavy (non-hydrogen) atoms. The van der Waals surface area contributed by atoms with Crippen molar-refractivity contribution < 1.29 is 19.3 Å². The lowest BCUT2D eigenvalue weighted by Gasteiger charge is -2.16. The number of halogens is 1. The van der Waals surface area contributed by atoms with Crippen LogP contribution in [0.15, 0.2) is 24.3 Å². The predicted molar refractivity (Wildman–Crippen MR) is 97.6 cm³/mol. The molecule has 0 saturated heterocycles. The Morgan fingerprint density at radius 3 is 2.32 bits per heavy atom. The SMILES string of the molecule is CCCNC(=O)[C@H](C)NC(=O)C[NH+](C)CC(=O)Nc1ccc(Cl)cc1. The molecule has 1 aromatic rings. The van der Waals surface area contributed by atoms with E-state index in [0.29, 0.717) is 22.2 Å². The smallest absolute Gasteiger partial charge is 0.279 e. The molecule has 0 aliphatic rings. The third-order valence-corrected chi connectivity index (χ3v) is 3.62. The Bertz CT molecular complexity index is 592. The first-order chi connectivity index (χ1) is 11.8. The Balaban J connectivity index is 2.35. The zero-order valence-corrected chi connectivity index (χ0v) is 15.6.